The molecular weight excluding hydrogens is 284 g/mol. The van der Waals surface area contributed by atoms with Gasteiger partial charge in [-0.15, -0.1) is 0 Å². The Morgan fingerprint density at radius 1 is 1.44 bits per heavy atom. The van der Waals surface area contributed by atoms with Gasteiger partial charge in [0, 0.05) is 10.0 Å². The summed E-state index contributed by atoms with van der Waals surface area (Å²) in [6.45, 7) is 2.03. The van der Waals surface area contributed by atoms with Crippen molar-refractivity contribution in [3.63, 3.8) is 0 Å². The number of ketones is 1. The average molecular weight is 299 g/mol. The van der Waals surface area contributed by atoms with Crippen LogP contribution >= 0.6 is 27.7 Å². The van der Waals surface area contributed by atoms with E-state index >= 15 is 0 Å². The molecule has 1 unspecified atom stereocenters. The Hall–Kier alpha value is -0.280. The van der Waals surface area contributed by atoms with Crippen LogP contribution < -0.4 is 0 Å². The fourth-order valence-electron chi connectivity index (χ4n) is 1.95. The van der Waals surface area contributed by atoms with Gasteiger partial charge in [0.1, 0.15) is 0 Å². The first-order valence-electron chi connectivity index (χ1n) is 5.60. The molecule has 1 aromatic carbocycles. The van der Waals surface area contributed by atoms with E-state index in [9.17, 15) is 4.79 Å². The number of halogens is 1. The second kappa shape index (κ2) is 5.37. The van der Waals surface area contributed by atoms with Gasteiger partial charge in [-0.3, -0.25) is 4.79 Å². The van der Waals surface area contributed by atoms with Crippen LogP contribution in [0.5, 0.6) is 0 Å². The maximum absolute atomic E-state index is 12.3. The zero-order valence-corrected chi connectivity index (χ0v) is 11.7. The Balaban J connectivity index is 2.22. The third-order valence-corrected chi connectivity index (χ3v) is 4.93. The molecule has 0 spiro atoms. The Morgan fingerprint density at radius 3 is 2.94 bits per heavy atom. The molecule has 1 atom stereocenters. The predicted molar refractivity (Wildman–Crippen MR) is 73.3 cm³/mol. The normalized spacial score (nSPS) is 20.8. The van der Waals surface area contributed by atoms with Crippen LogP contribution in [-0.2, 0) is 0 Å². The zero-order valence-electron chi connectivity index (χ0n) is 9.33. The van der Waals surface area contributed by atoms with Crippen LogP contribution in [0.2, 0.25) is 0 Å². The monoisotopic (exact) mass is 298 g/mol. The van der Waals surface area contributed by atoms with Crippen molar-refractivity contribution in [2.24, 2.45) is 0 Å². The van der Waals surface area contributed by atoms with E-state index in [1.54, 1.807) is 0 Å². The van der Waals surface area contributed by atoms with Gasteiger partial charge in [0.05, 0.1) is 5.25 Å². The van der Waals surface area contributed by atoms with E-state index in [0.717, 1.165) is 27.8 Å². The molecule has 1 heterocycles. The SMILES string of the molecule is Cc1ccc(Br)c(C(=O)C2CCCCS2)c1. The summed E-state index contributed by atoms with van der Waals surface area (Å²) in [6, 6.07) is 5.98. The van der Waals surface area contributed by atoms with E-state index in [4.69, 9.17) is 0 Å². The Bertz CT molecular complexity index is 397. The van der Waals surface area contributed by atoms with E-state index in [2.05, 4.69) is 15.9 Å². The fraction of sp³-hybridized carbons (Fsp3) is 0.462. The summed E-state index contributed by atoms with van der Waals surface area (Å²) in [5, 5.41) is 0.173. The number of carbonyl (C=O) groups excluding carboxylic acids is 1. The third-order valence-electron chi connectivity index (χ3n) is 2.86. The van der Waals surface area contributed by atoms with Crippen molar-refractivity contribution in [2.75, 3.05) is 5.75 Å². The molecule has 1 fully saturated rings. The predicted octanol–water partition coefficient (Wildman–Crippen LogP) is 4.23. The third kappa shape index (κ3) is 2.69. The van der Waals surface area contributed by atoms with Gasteiger partial charge in [0.2, 0.25) is 0 Å². The lowest BCUT2D eigenvalue weighted by Crippen LogP contribution is -2.21. The molecule has 86 valence electrons. The Labute approximate surface area is 109 Å². The molecule has 1 saturated heterocycles. The number of rotatable bonds is 2. The molecule has 16 heavy (non-hydrogen) atoms. The van der Waals surface area contributed by atoms with Gasteiger partial charge >= 0.3 is 0 Å². The topological polar surface area (TPSA) is 17.1 Å². The van der Waals surface area contributed by atoms with Crippen molar-refractivity contribution in [3.8, 4) is 0 Å². The summed E-state index contributed by atoms with van der Waals surface area (Å²) in [6.07, 6.45) is 3.47. The number of thioether (sulfide) groups is 1. The molecular formula is C13H15BrOS. The molecule has 1 aromatic rings. The van der Waals surface area contributed by atoms with E-state index in [-0.39, 0.29) is 5.25 Å². The van der Waals surface area contributed by atoms with Crippen LogP contribution in [0.25, 0.3) is 0 Å². The number of Topliss-reactive ketones (excluding diaryl/α,β-unsaturated/α-hetero) is 1. The summed E-state index contributed by atoms with van der Waals surface area (Å²) >= 11 is 5.28. The lowest BCUT2D eigenvalue weighted by molar-refractivity contribution is 0.0984. The molecule has 0 amide bonds. The average Bonchev–Trinajstić information content (AvgIpc) is 2.32. The molecule has 0 bridgehead atoms. The number of benzene rings is 1. The first-order chi connectivity index (χ1) is 7.68. The zero-order chi connectivity index (χ0) is 11.5. The lowest BCUT2D eigenvalue weighted by Gasteiger charge is -2.20. The number of carbonyl (C=O) groups is 1. The van der Waals surface area contributed by atoms with Gasteiger partial charge in [-0.1, -0.05) is 34.0 Å². The van der Waals surface area contributed by atoms with Crippen molar-refractivity contribution in [2.45, 2.75) is 31.4 Å². The van der Waals surface area contributed by atoms with E-state index in [1.807, 2.05) is 36.9 Å². The minimum absolute atomic E-state index is 0.173. The summed E-state index contributed by atoms with van der Waals surface area (Å²) in [5.74, 6) is 1.42. The molecule has 1 nitrogen and oxygen atoms in total. The maximum atomic E-state index is 12.3. The Morgan fingerprint density at radius 2 is 2.25 bits per heavy atom. The summed E-state index contributed by atoms with van der Waals surface area (Å²) in [4.78, 5) is 12.3. The first kappa shape index (κ1) is 12.2. The van der Waals surface area contributed by atoms with Gasteiger partial charge in [0.25, 0.3) is 0 Å². The highest BCUT2D eigenvalue weighted by Gasteiger charge is 2.24. The van der Waals surface area contributed by atoms with E-state index < -0.39 is 0 Å². The van der Waals surface area contributed by atoms with Gasteiger partial charge in [-0.05, 0) is 37.7 Å². The van der Waals surface area contributed by atoms with Crippen LogP contribution in [0.1, 0.15) is 35.2 Å². The highest BCUT2D eigenvalue weighted by molar-refractivity contribution is 9.10. The van der Waals surface area contributed by atoms with E-state index in [0.29, 0.717) is 5.78 Å². The Kier molecular flexibility index (Phi) is 4.09. The molecule has 0 aromatic heterocycles. The minimum atomic E-state index is 0.173. The van der Waals surface area contributed by atoms with E-state index in [1.165, 1.54) is 12.8 Å². The summed E-state index contributed by atoms with van der Waals surface area (Å²) < 4.78 is 0.925. The van der Waals surface area contributed by atoms with Gasteiger partial charge in [-0.25, -0.2) is 0 Å². The second-order valence-electron chi connectivity index (χ2n) is 4.20. The summed E-state index contributed by atoms with van der Waals surface area (Å²) in [5.41, 5.74) is 1.99. The number of aryl methyl sites for hydroxylation is 1. The second-order valence-corrected chi connectivity index (χ2v) is 6.37. The molecule has 0 aliphatic carbocycles. The molecule has 0 saturated carbocycles. The van der Waals surface area contributed by atoms with Crippen LogP contribution in [0.4, 0.5) is 0 Å². The number of hydrogen-bond acceptors (Lipinski definition) is 2. The first-order valence-corrected chi connectivity index (χ1v) is 7.44. The summed E-state index contributed by atoms with van der Waals surface area (Å²) in [7, 11) is 0. The highest BCUT2D eigenvalue weighted by Crippen LogP contribution is 2.30. The van der Waals surface area contributed by atoms with Crippen LogP contribution in [0.3, 0.4) is 0 Å². The van der Waals surface area contributed by atoms with Crippen molar-refractivity contribution in [3.05, 3.63) is 33.8 Å². The lowest BCUT2D eigenvalue weighted by atomic mass is 10.0. The molecule has 1 aliphatic rings. The quantitative estimate of drug-likeness (QED) is 0.760. The largest absolute Gasteiger partial charge is 0.293 e. The molecule has 0 N–H and O–H groups in total. The minimum Gasteiger partial charge on any atom is -0.293 e. The maximum Gasteiger partial charge on any atom is 0.176 e. The molecule has 3 heteroatoms. The van der Waals surface area contributed by atoms with Crippen LogP contribution in [0, 0.1) is 6.92 Å². The van der Waals surface area contributed by atoms with Crippen molar-refractivity contribution in [1.82, 2.24) is 0 Å². The molecule has 1 aliphatic heterocycles. The standard InChI is InChI=1S/C13H15BrOS/c1-9-5-6-11(14)10(8-9)13(15)12-4-2-3-7-16-12/h5-6,8,12H,2-4,7H2,1H3. The van der Waals surface area contributed by atoms with Gasteiger partial charge in [-0.2, -0.15) is 11.8 Å². The van der Waals surface area contributed by atoms with Crippen LogP contribution in [0.15, 0.2) is 22.7 Å². The number of hydrogen-bond donors (Lipinski definition) is 0. The smallest absolute Gasteiger partial charge is 0.176 e. The highest BCUT2D eigenvalue weighted by atomic mass is 79.9. The van der Waals surface area contributed by atoms with Crippen LogP contribution in [-0.4, -0.2) is 16.8 Å². The van der Waals surface area contributed by atoms with Crippen molar-refractivity contribution >= 4 is 33.5 Å². The van der Waals surface area contributed by atoms with Crippen molar-refractivity contribution < 1.29 is 4.79 Å². The molecule has 0 radical (unpaired) electrons. The fourth-order valence-corrected chi connectivity index (χ4v) is 3.66. The van der Waals surface area contributed by atoms with Gasteiger partial charge < -0.3 is 0 Å². The molecule has 2 rings (SSSR count). The van der Waals surface area contributed by atoms with Crippen molar-refractivity contribution in [1.29, 1.82) is 0 Å². The van der Waals surface area contributed by atoms with Gasteiger partial charge in [0.15, 0.2) is 5.78 Å².